The third kappa shape index (κ3) is 5.43. The topological polar surface area (TPSA) is 79.8 Å². The normalized spacial score (nSPS) is 22.7. The fraction of sp³-hybridized carbons (Fsp3) is 0.704. The number of rotatable bonds is 8. The van der Waals surface area contributed by atoms with Gasteiger partial charge in [0, 0.05) is 63.7 Å². The Kier molecular flexibility index (Phi) is 6.62. The molecule has 2 bridgehead atoms. The molecule has 1 amide bonds. The van der Waals surface area contributed by atoms with E-state index in [1.807, 2.05) is 31.9 Å². The van der Waals surface area contributed by atoms with Gasteiger partial charge in [0.2, 0.25) is 0 Å². The number of nitrogens with zero attached hydrogens (tertiary/aromatic N) is 3. The van der Waals surface area contributed by atoms with Gasteiger partial charge in [-0.15, -0.1) is 0 Å². The van der Waals surface area contributed by atoms with E-state index < -0.39 is 13.7 Å². The molecule has 2 atom stereocenters. The highest BCUT2D eigenvalue weighted by atomic mass is 28.3. The van der Waals surface area contributed by atoms with Crippen molar-refractivity contribution in [2.24, 2.45) is 0 Å². The van der Waals surface area contributed by atoms with Gasteiger partial charge in [-0.25, -0.2) is 4.79 Å². The van der Waals surface area contributed by atoms with Crippen molar-refractivity contribution in [3.8, 4) is 0 Å². The van der Waals surface area contributed by atoms with Gasteiger partial charge in [0.05, 0.1) is 0 Å². The smallest absolute Gasteiger partial charge is 0.410 e. The summed E-state index contributed by atoms with van der Waals surface area (Å²) in [4.78, 5) is 33.0. The van der Waals surface area contributed by atoms with Crippen LogP contribution in [0.3, 0.4) is 0 Å². The predicted octanol–water partition coefficient (Wildman–Crippen LogP) is 4.71. The number of aromatic amines is 1. The lowest BCUT2D eigenvalue weighted by Crippen LogP contribution is -2.49. The van der Waals surface area contributed by atoms with Crippen LogP contribution in [0.15, 0.2) is 17.1 Å². The molecule has 0 radical (unpaired) electrons. The second-order valence-electron chi connectivity index (χ2n) is 13.1. The van der Waals surface area contributed by atoms with Crippen molar-refractivity contribution >= 4 is 25.1 Å². The molecule has 3 fully saturated rings. The summed E-state index contributed by atoms with van der Waals surface area (Å²) in [6, 6.07) is 3.81. The number of H-pyrrole nitrogens is 1. The van der Waals surface area contributed by atoms with Gasteiger partial charge >= 0.3 is 6.09 Å². The van der Waals surface area contributed by atoms with Gasteiger partial charge in [-0.2, -0.15) is 0 Å². The van der Waals surface area contributed by atoms with E-state index in [0.29, 0.717) is 31.8 Å². The average molecular weight is 515 g/mol. The lowest BCUT2D eigenvalue weighted by Gasteiger charge is -2.35. The molecule has 2 aliphatic heterocycles. The van der Waals surface area contributed by atoms with Gasteiger partial charge in [-0.05, 0) is 63.6 Å². The van der Waals surface area contributed by atoms with E-state index in [-0.39, 0.29) is 17.7 Å². The van der Waals surface area contributed by atoms with Gasteiger partial charge in [0.1, 0.15) is 17.8 Å². The van der Waals surface area contributed by atoms with Crippen LogP contribution in [0.4, 0.5) is 4.79 Å². The Balaban J connectivity index is 1.36. The minimum Gasteiger partial charge on any atom is -0.444 e. The van der Waals surface area contributed by atoms with Crippen LogP contribution < -0.4 is 5.56 Å². The van der Waals surface area contributed by atoms with Crippen LogP contribution in [0.2, 0.25) is 25.7 Å². The van der Waals surface area contributed by atoms with Crippen LogP contribution in [0, 0.1) is 0 Å². The quantitative estimate of drug-likeness (QED) is 0.408. The maximum Gasteiger partial charge on any atom is 0.410 e. The molecule has 0 aromatic carbocycles. The second-order valence-corrected chi connectivity index (χ2v) is 18.7. The number of ether oxygens (including phenoxy) is 2. The van der Waals surface area contributed by atoms with Crippen molar-refractivity contribution in [3.63, 3.8) is 0 Å². The van der Waals surface area contributed by atoms with E-state index in [1.165, 1.54) is 18.4 Å². The standard InChI is InChI=1S/C27H42N4O4Si/c1-27(2,3)35-26(33)30-16-19-11-20(30)14-29(19)15-21-12-22-23(18-7-8-18)13-28-25(32)24(22)31(21)17-34-9-10-36(4,5)6/h12-13,18-20H,7-11,14-17H2,1-6H3,(H,28,32)/t19-,20-/m0/s1. The molecule has 1 saturated carbocycles. The number of fused-ring (bicyclic) bond motifs is 3. The summed E-state index contributed by atoms with van der Waals surface area (Å²) in [7, 11) is -1.20. The maximum absolute atomic E-state index is 13.0. The largest absolute Gasteiger partial charge is 0.444 e. The SMILES string of the molecule is CC(C)(C)OC(=O)N1C[C@@H]2C[C@H]1CN2Cc1cc2c(C3CC3)c[nH]c(=O)c2n1COCC[Si](C)(C)C. The van der Waals surface area contributed by atoms with Crippen LogP contribution in [0.1, 0.15) is 57.2 Å². The summed E-state index contributed by atoms with van der Waals surface area (Å²) >= 11 is 0. The van der Waals surface area contributed by atoms with Gasteiger partial charge in [-0.3, -0.25) is 9.69 Å². The maximum atomic E-state index is 13.0. The molecular weight excluding hydrogens is 472 g/mol. The highest BCUT2D eigenvalue weighted by molar-refractivity contribution is 6.76. The molecule has 9 heteroatoms. The number of amides is 1. The summed E-state index contributed by atoms with van der Waals surface area (Å²) in [6.07, 6.45) is 5.05. The Morgan fingerprint density at radius 1 is 1.17 bits per heavy atom. The van der Waals surface area contributed by atoms with Gasteiger partial charge in [0.15, 0.2) is 0 Å². The van der Waals surface area contributed by atoms with Crippen molar-refractivity contribution < 1.29 is 14.3 Å². The Hall–Kier alpha value is -2.10. The molecule has 1 aliphatic carbocycles. The van der Waals surface area contributed by atoms with Crippen LogP contribution in [0.5, 0.6) is 0 Å². The molecule has 2 aromatic heterocycles. The first-order valence-corrected chi connectivity index (χ1v) is 17.2. The van der Waals surface area contributed by atoms with Crippen LogP contribution in [0.25, 0.3) is 10.9 Å². The molecule has 1 N–H and O–H groups in total. The highest BCUT2D eigenvalue weighted by Crippen LogP contribution is 2.43. The highest BCUT2D eigenvalue weighted by Gasteiger charge is 2.46. The van der Waals surface area contributed by atoms with Gasteiger partial charge in [0.25, 0.3) is 5.56 Å². The summed E-state index contributed by atoms with van der Waals surface area (Å²) in [5.41, 5.74) is 2.58. The number of aromatic nitrogens is 2. The molecule has 4 heterocycles. The number of hydrogen-bond acceptors (Lipinski definition) is 5. The van der Waals surface area contributed by atoms with Crippen molar-refractivity contribution in [1.82, 2.24) is 19.4 Å². The summed E-state index contributed by atoms with van der Waals surface area (Å²) in [5.74, 6) is 0.547. The zero-order valence-corrected chi connectivity index (χ0v) is 23.7. The second kappa shape index (κ2) is 9.33. The van der Waals surface area contributed by atoms with E-state index in [0.717, 1.165) is 42.2 Å². The number of carbonyl (C=O) groups excluding carboxylic acids is 1. The molecule has 3 aliphatic rings. The number of nitrogens with one attached hydrogen (secondary N) is 1. The van der Waals surface area contributed by atoms with Gasteiger partial charge in [-0.1, -0.05) is 19.6 Å². The fourth-order valence-electron chi connectivity index (χ4n) is 5.60. The first-order chi connectivity index (χ1) is 16.9. The van der Waals surface area contributed by atoms with Crippen LogP contribution in [-0.2, 0) is 22.7 Å². The Morgan fingerprint density at radius 3 is 2.53 bits per heavy atom. The minimum atomic E-state index is -1.20. The number of pyridine rings is 1. The van der Waals surface area contributed by atoms with Crippen LogP contribution >= 0.6 is 0 Å². The predicted molar refractivity (Wildman–Crippen MR) is 144 cm³/mol. The lowest BCUT2D eigenvalue weighted by atomic mass is 10.1. The molecule has 0 unspecified atom stereocenters. The molecular formula is C27H42N4O4Si. The molecule has 198 valence electrons. The van der Waals surface area contributed by atoms with Crippen LogP contribution in [-0.4, -0.2) is 70.9 Å². The molecule has 0 spiro atoms. The molecule has 5 rings (SSSR count). The summed E-state index contributed by atoms with van der Waals surface area (Å²) in [5, 5.41) is 1.07. The van der Waals surface area contributed by atoms with E-state index in [4.69, 9.17) is 9.47 Å². The Labute approximate surface area is 214 Å². The van der Waals surface area contributed by atoms with E-state index in [1.54, 1.807) is 0 Å². The zero-order chi connectivity index (χ0) is 25.8. The molecule has 2 saturated heterocycles. The first-order valence-electron chi connectivity index (χ1n) is 13.4. The van der Waals surface area contributed by atoms with Crippen molar-refractivity contribution in [2.45, 2.75) is 103 Å². The third-order valence-electron chi connectivity index (χ3n) is 7.65. The lowest BCUT2D eigenvalue weighted by molar-refractivity contribution is 0.0120. The number of hydrogen-bond donors (Lipinski definition) is 1. The Morgan fingerprint density at radius 2 is 1.92 bits per heavy atom. The molecule has 2 aromatic rings. The number of likely N-dealkylation sites (tertiary alicyclic amines) is 2. The van der Waals surface area contributed by atoms with E-state index >= 15 is 0 Å². The number of carbonyl (C=O) groups is 1. The Bertz CT molecular complexity index is 1190. The number of piperazine rings is 1. The van der Waals surface area contributed by atoms with Gasteiger partial charge < -0.3 is 23.9 Å². The monoisotopic (exact) mass is 514 g/mol. The first kappa shape index (κ1) is 25.5. The van der Waals surface area contributed by atoms with Crippen molar-refractivity contribution in [2.75, 3.05) is 19.7 Å². The van der Waals surface area contributed by atoms with Crippen molar-refractivity contribution in [1.29, 1.82) is 0 Å². The van der Waals surface area contributed by atoms with E-state index in [9.17, 15) is 9.59 Å². The van der Waals surface area contributed by atoms with Crippen molar-refractivity contribution in [3.05, 3.63) is 33.9 Å². The zero-order valence-electron chi connectivity index (χ0n) is 22.7. The minimum absolute atomic E-state index is 0.0477. The summed E-state index contributed by atoms with van der Waals surface area (Å²) < 4.78 is 13.9. The summed E-state index contributed by atoms with van der Waals surface area (Å²) in [6.45, 7) is 16.2. The average Bonchev–Trinajstić information content (AvgIpc) is 3.25. The molecule has 8 nitrogen and oxygen atoms in total. The third-order valence-corrected chi connectivity index (χ3v) is 9.35. The van der Waals surface area contributed by atoms with E-state index in [2.05, 4.69) is 40.2 Å². The molecule has 36 heavy (non-hydrogen) atoms. The fourth-order valence-corrected chi connectivity index (χ4v) is 6.35.